The summed E-state index contributed by atoms with van der Waals surface area (Å²) >= 11 is 0. The van der Waals surface area contributed by atoms with Crippen molar-refractivity contribution in [1.29, 1.82) is 0 Å². The molecule has 2 aliphatic rings. The minimum atomic E-state index is -0.973. The van der Waals surface area contributed by atoms with Crippen LogP contribution in [0.3, 0.4) is 0 Å². The van der Waals surface area contributed by atoms with E-state index in [1.807, 2.05) is 13.8 Å². The monoisotopic (exact) mass is 281 g/mol. The molecule has 20 heavy (non-hydrogen) atoms. The lowest BCUT2D eigenvalue weighted by molar-refractivity contribution is -0.153. The Morgan fingerprint density at radius 2 is 2.00 bits per heavy atom. The summed E-state index contributed by atoms with van der Waals surface area (Å²) in [5.41, 5.74) is -0.973. The van der Waals surface area contributed by atoms with Gasteiger partial charge in [0.2, 0.25) is 5.91 Å². The number of hydrogen-bond donors (Lipinski definition) is 2. The van der Waals surface area contributed by atoms with E-state index in [0.29, 0.717) is 5.92 Å². The highest BCUT2D eigenvalue weighted by Crippen LogP contribution is 2.47. The molecule has 0 saturated heterocycles. The maximum atomic E-state index is 12.1. The van der Waals surface area contributed by atoms with Crippen molar-refractivity contribution in [1.82, 2.24) is 5.32 Å². The molecule has 0 aromatic rings. The van der Waals surface area contributed by atoms with Crippen LogP contribution in [0, 0.1) is 29.1 Å². The number of rotatable bonds is 6. The Morgan fingerprint density at radius 1 is 1.30 bits per heavy atom. The number of carboxylic acid groups (broad SMARTS) is 1. The lowest BCUT2D eigenvalue weighted by Crippen LogP contribution is -2.40. The van der Waals surface area contributed by atoms with Crippen LogP contribution in [0.15, 0.2) is 0 Å². The number of aliphatic carboxylic acids is 1. The number of carbonyl (C=O) groups excluding carboxylic acids is 1. The molecule has 114 valence electrons. The van der Waals surface area contributed by atoms with E-state index in [4.69, 9.17) is 0 Å². The number of amides is 1. The van der Waals surface area contributed by atoms with Gasteiger partial charge in [-0.25, -0.2) is 0 Å². The molecular formula is C16H27NO3. The van der Waals surface area contributed by atoms with Gasteiger partial charge in [-0.3, -0.25) is 9.59 Å². The Balaban J connectivity index is 1.81. The zero-order valence-electron chi connectivity index (χ0n) is 12.8. The van der Waals surface area contributed by atoms with Crippen molar-refractivity contribution in [2.75, 3.05) is 6.54 Å². The molecule has 4 heteroatoms. The van der Waals surface area contributed by atoms with Crippen LogP contribution in [0.2, 0.25) is 0 Å². The molecule has 1 amide bonds. The molecule has 4 atom stereocenters. The van der Waals surface area contributed by atoms with Gasteiger partial charge in [-0.15, -0.1) is 0 Å². The summed E-state index contributed by atoms with van der Waals surface area (Å²) in [6.45, 7) is 6.11. The normalized spacial score (nSPS) is 31.3. The Bertz CT molecular complexity index is 393. The van der Waals surface area contributed by atoms with Crippen molar-refractivity contribution in [2.24, 2.45) is 29.1 Å². The summed E-state index contributed by atoms with van der Waals surface area (Å²) < 4.78 is 0. The fourth-order valence-electron chi connectivity index (χ4n) is 3.79. The Morgan fingerprint density at radius 3 is 2.45 bits per heavy atom. The fourth-order valence-corrected chi connectivity index (χ4v) is 3.79. The van der Waals surface area contributed by atoms with Crippen molar-refractivity contribution >= 4 is 11.9 Å². The largest absolute Gasteiger partial charge is 0.481 e. The van der Waals surface area contributed by atoms with Gasteiger partial charge in [0.05, 0.1) is 5.41 Å². The molecule has 4 nitrogen and oxygen atoms in total. The summed E-state index contributed by atoms with van der Waals surface area (Å²) in [5, 5.41) is 12.3. The topological polar surface area (TPSA) is 66.4 Å². The quantitative estimate of drug-likeness (QED) is 0.786. The van der Waals surface area contributed by atoms with Crippen molar-refractivity contribution in [3.05, 3.63) is 0 Å². The molecule has 0 spiro atoms. The smallest absolute Gasteiger partial charge is 0.310 e. The highest BCUT2D eigenvalue weighted by Gasteiger charge is 2.41. The number of carbonyl (C=O) groups is 2. The maximum absolute atomic E-state index is 12.1. The first kappa shape index (κ1) is 15.3. The zero-order chi connectivity index (χ0) is 14.9. The van der Waals surface area contributed by atoms with Crippen molar-refractivity contribution in [3.8, 4) is 0 Å². The van der Waals surface area contributed by atoms with Crippen LogP contribution in [-0.4, -0.2) is 23.5 Å². The summed E-state index contributed by atoms with van der Waals surface area (Å²) in [4.78, 5) is 23.4. The molecule has 2 rings (SSSR count). The highest BCUT2D eigenvalue weighted by molar-refractivity contribution is 5.84. The van der Waals surface area contributed by atoms with Crippen LogP contribution in [0.5, 0.6) is 0 Å². The Hall–Kier alpha value is -1.06. The molecule has 0 aliphatic heterocycles. The minimum Gasteiger partial charge on any atom is -0.481 e. The SMILES string of the molecule is CC(C)C(C)(CC(=O)NCC1CC2CCC1C2)C(=O)O. The van der Waals surface area contributed by atoms with E-state index in [-0.39, 0.29) is 18.2 Å². The van der Waals surface area contributed by atoms with Crippen LogP contribution >= 0.6 is 0 Å². The fraction of sp³-hybridized carbons (Fsp3) is 0.875. The second-order valence-electron chi connectivity index (χ2n) is 7.29. The van der Waals surface area contributed by atoms with Crippen molar-refractivity contribution < 1.29 is 14.7 Å². The molecule has 2 aliphatic carbocycles. The molecule has 0 aromatic heterocycles. The minimum absolute atomic E-state index is 0.0618. The molecular weight excluding hydrogens is 254 g/mol. The van der Waals surface area contributed by atoms with Gasteiger partial charge in [0.25, 0.3) is 0 Å². The first-order valence-electron chi connectivity index (χ1n) is 7.83. The second kappa shape index (κ2) is 5.74. The molecule has 4 unspecified atom stereocenters. The van der Waals surface area contributed by atoms with E-state index in [0.717, 1.165) is 18.4 Å². The van der Waals surface area contributed by atoms with Gasteiger partial charge >= 0.3 is 5.97 Å². The third-order valence-corrected chi connectivity index (χ3v) is 5.74. The first-order chi connectivity index (χ1) is 9.33. The summed E-state index contributed by atoms with van der Waals surface area (Å²) in [6, 6.07) is 0. The number of nitrogens with one attached hydrogen (secondary N) is 1. The van der Waals surface area contributed by atoms with Gasteiger partial charge in [-0.05, 0) is 49.9 Å². The lowest BCUT2D eigenvalue weighted by atomic mass is 9.76. The van der Waals surface area contributed by atoms with Gasteiger partial charge in [-0.2, -0.15) is 0 Å². The van der Waals surface area contributed by atoms with E-state index in [2.05, 4.69) is 5.32 Å². The second-order valence-corrected chi connectivity index (χ2v) is 7.29. The first-order valence-corrected chi connectivity index (χ1v) is 7.83. The average Bonchev–Trinajstić information content (AvgIpc) is 2.97. The predicted octanol–water partition coefficient (Wildman–Crippen LogP) is 2.68. The van der Waals surface area contributed by atoms with Crippen LogP contribution < -0.4 is 5.32 Å². The maximum Gasteiger partial charge on any atom is 0.310 e. The third kappa shape index (κ3) is 2.99. The third-order valence-electron chi connectivity index (χ3n) is 5.74. The molecule has 2 fully saturated rings. The van der Waals surface area contributed by atoms with Gasteiger partial charge in [0.1, 0.15) is 0 Å². The lowest BCUT2D eigenvalue weighted by Gasteiger charge is -2.29. The Labute approximate surface area is 121 Å². The number of hydrogen-bond acceptors (Lipinski definition) is 2. The van der Waals surface area contributed by atoms with E-state index >= 15 is 0 Å². The Kier molecular flexibility index (Phi) is 4.40. The molecule has 0 heterocycles. The molecule has 2 N–H and O–H groups in total. The van der Waals surface area contributed by atoms with E-state index in [9.17, 15) is 14.7 Å². The van der Waals surface area contributed by atoms with Gasteiger partial charge in [-0.1, -0.05) is 20.3 Å². The predicted molar refractivity (Wildman–Crippen MR) is 77.1 cm³/mol. The molecule has 2 bridgehead atoms. The van der Waals surface area contributed by atoms with Gasteiger partial charge in [0, 0.05) is 13.0 Å². The van der Waals surface area contributed by atoms with Crippen molar-refractivity contribution in [3.63, 3.8) is 0 Å². The zero-order valence-corrected chi connectivity index (χ0v) is 12.8. The molecule has 0 aromatic carbocycles. The van der Waals surface area contributed by atoms with E-state index < -0.39 is 11.4 Å². The summed E-state index contributed by atoms with van der Waals surface area (Å²) in [5.74, 6) is 1.22. The number of carboxylic acids is 1. The van der Waals surface area contributed by atoms with E-state index in [1.54, 1.807) is 6.92 Å². The van der Waals surface area contributed by atoms with Gasteiger partial charge < -0.3 is 10.4 Å². The molecule has 0 radical (unpaired) electrons. The van der Waals surface area contributed by atoms with E-state index in [1.165, 1.54) is 25.7 Å². The van der Waals surface area contributed by atoms with Gasteiger partial charge in [0.15, 0.2) is 0 Å². The summed E-state index contributed by atoms with van der Waals surface area (Å²) in [7, 11) is 0. The van der Waals surface area contributed by atoms with Crippen molar-refractivity contribution in [2.45, 2.75) is 52.9 Å². The standard InChI is InChI=1S/C16H27NO3/c1-10(2)16(3,15(19)20)8-14(18)17-9-13-7-11-4-5-12(13)6-11/h10-13H,4-9H2,1-3H3,(H,17,18)(H,19,20). The molecule has 2 saturated carbocycles. The highest BCUT2D eigenvalue weighted by atomic mass is 16.4. The summed E-state index contributed by atoms with van der Waals surface area (Å²) in [6.07, 6.45) is 5.31. The van der Waals surface area contributed by atoms with Crippen LogP contribution in [-0.2, 0) is 9.59 Å². The van der Waals surface area contributed by atoms with Crippen LogP contribution in [0.25, 0.3) is 0 Å². The number of fused-ring (bicyclic) bond motifs is 2. The van der Waals surface area contributed by atoms with Crippen LogP contribution in [0.4, 0.5) is 0 Å². The average molecular weight is 281 g/mol. The van der Waals surface area contributed by atoms with Crippen LogP contribution in [0.1, 0.15) is 52.9 Å².